The Kier molecular flexibility index (Phi) is 5.85. The minimum Gasteiger partial charge on any atom is -0.118 e. The van der Waals surface area contributed by atoms with Crippen LogP contribution in [0.25, 0.3) is 0 Å². The quantitative estimate of drug-likeness (QED) is 0.473. The third kappa shape index (κ3) is 5.05. The molecule has 1 rings (SSSR count). The third-order valence-electron chi connectivity index (χ3n) is 2.13. The zero-order chi connectivity index (χ0) is 9.36. The Balaban J connectivity index is 2.07. The molecule has 1 heteroatoms. The van der Waals surface area contributed by atoms with Gasteiger partial charge in [0.1, 0.15) is 0 Å². The smallest absolute Gasteiger partial charge is 0.0101 e. The molecule has 0 saturated carbocycles. The zero-order valence-corrected chi connectivity index (χ0v) is 9.42. The fraction of sp³-hybridized carbons (Fsp3) is 0.500. The molecule has 0 saturated heterocycles. The van der Waals surface area contributed by atoms with E-state index in [4.69, 9.17) is 0 Å². The van der Waals surface area contributed by atoms with Gasteiger partial charge in [-0.1, -0.05) is 50.1 Å². The van der Waals surface area contributed by atoms with Gasteiger partial charge in [0.25, 0.3) is 0 Å². The molecule has 0 heterocycles. The van der Waals surface area contributed by atoms with Gasteiger partial charge in [-0.3, -0.25) is 0 Å². The molecule has 0 nitrogen and oxygen atoms in total. The molecular formula is C12H19P. The predicted octanol–water partition coefficient (Wildman–Crippen LogP) is 4.06. The SMILES string of the molecule is CCCCCPCc1ccccc1. The summed E-state index contributed by atoms with van der Waals surface area (Å²) < 4.78 is 0. The maximum absolute atomic E-state index is 2.26. The highest BCUT2D eigenvalue weighted by molar-refractivity contribution is 7.37. The van der Waals surface area contributed by atoms with Crippen LogP contribution in [0, 0.1) is 0 Å². The maximum Gasteiger partial charge on any atom is -0.0101 e. The summed E-state index contributed by atoms with van der Waals surface area (Å²) in [4.78, 5) is 0. The van der Waals surface area contributed by atoms with E-state index in [1.165, 1.54) is 37.1 Å². The number of unbranched alkanes of at least 4 members (excludes halogenated alkanes) is 2. The van der Waals surface area contributed by atoms with Crippen molar-refractivity contribution in [3.05, 3.63) is 35.9 Å². The minimum atomic E-state index is 1.12. The van der Waals surface area contributed by atoms with Crippen molar-refractivity contribution < 1.29 is 0 Å². The van der Waals surface area contributed by atoms with E-state index in [0.29, 0.717) is 0 Å². The Labute approximate surface area is 83.5 Å². The Bertz CT molecular complexity index is 206. The van der Waals surface area contributed by atoms with Crippen LogP contribution >= 0.6 is 8.58 Å². The van der Waals surface area contributed by atoms with Gasteiger partial charge in [-0.2, -0.15) is 0 Å². The topological polar surface area (TPSA) is 0 Å². The van der Waals surface area contributed by atoms with E-state index in [1.54, 1.807) is 0 Å². The van der Waals surface area contributed by atoms with E-state index < -0.39 is 0 Å². The number of hydrogen-bond donors (Lipinski definition) is 0. The van der Waals surface area contributed by atoms with Gasteiger partial charge < -0.3 is 0 Å². The molecule has 1 atom stereocenters. The number of benzene rings is 1. The van der Waals surface area contributed by atoms with Crippen LogP contribution in [0.15, 0.2) is 30.3 Å². The van der Waals surface area contributed by atoms with Gasteiger partial charge in [0, 0.05) is 0 Å². The molecule has 0 aliphatic rings. The van der Waals surface area contributed by atoms with Crippen LogP contribution in [0.2, 0.25) is 0 Å². The first-order chi connectivity index (χ1) is 6.43. The molecule has 0 aromatic heterocycles. The Hall–Kier alpha value is -0.350. The summed E-state index contributed by atoms with van der Waals surface area (Å²) in [6.45, 7) is 2.26. The highest BCUT2D eigenvalue weighted by Crippen LogP contribution is 2.19. The summed E-state index contributed by atoms with van der Waals surface area (Å²) in [6, 6.07) is 10.8. The van der Waals surface area contributed by atoms with Crippen LogP contribution in [-0.2, 0) is 6.16 Å². The average molecular weight is 194 g/mol. The van der Waals surface area contributed by atoms with Gasteiger partial charge in [0.05, 0.1) is 0 Å². The maximum atomic E-state index is 2.26. The van der Waals surface area contributed by atoms with Crippen LogP contribution in [0.3, 0.4) is 0 Å². The fourth-order valence-electron chi connectivity index (χ4n) is 1.33. The first-order valence-electron chi connectivity index (χ1n) is 5.18. The van der Waals surface area contributed by atoms with Gasteiger partial charge >= 0.3 is 0 Å². The molecule has 1 aromatic carbocycles. The summed E-state index contributed by atoms with van der Waals surface area (Å²) in [5.41, 5.74) is 1.50. The van der Waals surface area contributed by atoms with Crippen molar-refractivity contribution in [3.63, 3.8) is 0 Å². The van der Waals surface area contributed by atoms with Crippen molar-refractivity contribution in [2.24, 2.45) is 0 Å². The Morgan fingerprint density at radius 1 is 1.08 bits per heavy atom. The minimum absolute atomic E-state index is 1.12. The highest BCUT2D eigenvalue weighted by Gasteiger charge is 1.91. The fourth-order valence-corrected chi connectivity index (χ4v) is 2.53. The van der Waals surface area contributed by atoms with Crippen LogP contribution < -0.4 is 0 Å². The molecule has 0 N–H and O–H groups in total. The van der Waals surface area contributed by atoms with E-state index in [1.807, 2.05) is 0 Å². The largest absolute Gasteiger partial charge is 0.118 e. The van der Waals surface area contributed by atoms with E-state index in [9.17, 15) is 0 Å². The lowest BCUT2D eigenvalue weighted by molar-refractivity contribution is 0.777. The molecule has 0 bridgehead atoms. The second-order valence-electron chi connectivity index (χ2n) is 3.37. The van der Waals surface area contributed by atoms with E-state index in [2.05, 4.69) is 37.3 Å². The lowest BCUT2D eigenvalue weighted by Gasteiger charge is -2.00. The number of rotatable bonds is 6. The van der Waals surface area contributed by atoms with Crippen molar-refractivity contribution >= 4 is 8.58 Å². The molecule has 0 spiro atoms. The van der Waals surface area contributed by atoms with E-state index in [0.717, 1.165) is 8.58 Å². The molecule has 0 radical (unpaired) electrons. The van der Waals surface area contributed by atoms with Crippen LogP contribution in [0.1, 0.15) is 31.7 Å². The first-order valence-corrected chi connectivity index (χ1v) is 6.59. The lowest BCUT2D eigenvalue weighted by atomic mass is 10.2. The summed E-state index contributed by atoms with van der Waals surface area (Å²) in [6.07, 6.45) is 6.87. The van der Waals surface area contributed by atoms with Gasteiger partial charge in [0.15, 0.2) is 0 Å². The normalized spacial score (nSPS) is 11.2. The molecule has 13 heavy (non-hydrogen) atoms. The van der Waals surface area contributed by atoms with Crippen LogP contribution in [0.5, 0.6) is 0 Å². The van der Waals surface area contributed by atoms with E-state index in [-0.39, 0.29) is 0 Å². The molecule has 0 fully saturated rings. The van der Waals surface area contributed by atoms with Crippen LogP contribution in [0.4, 0.5) is 0 Å². The van der Waals surface area contributed by atoms with Crippen molar-refractivity contribution in [1.82, 2.24) is 0 Å². The summed E-state index contributed by atoms with van der Waals surface area (Å²) in [5, 5.41) is 0. The molecule has 0 aliphatic carbocycles. The van der Waals surface area contributed by atoms with Crippen molar-refractivity contribution in [2.45, 2.75) is 32.3 Å². The molecular weight excluding hydrogens is 175 g/mol. The second-order valence-corrected chi connectivity index (χ2v) is 4.72. The first kappa shape index (κ1) is 10.7. The Morgan fingerprint density at radius 3 is 2.54 bits per heavy atom. The monoisotopic (exact) mass is 194 g/mol. The molecule has 72 valence electrons. The molecule has 0 amide bonds. The summed E-state index contributed by atoms with van der Waals surface area (Å²) in [5.74, 6) is 0. The zero-order valence-electron chi connectivity index (χ0n) is 8.42. The highest BCUT2D eigenvalue weighted by atomic mass is 31.1. The predicted molar refractivity (Wildman–Crippen MR) is 62.9 cm³/mol. The Morgan fingerprint density at radius 2 is 1.85 bits per heavy atom. The average Bonchev–Trinajstić information content (AvgIpc) is 2.19. The molecule has 1 unspecified atom stereocenters. The standard InChI is InChI=1S/C12H19P/c1-2-3-7-10-13-11-12-8-5-4-6-9-12/h4-6,8-9,13H,2-3,7,10-11H2,1H3. The van der Waals surface area contributed by atoms with E-state index >= 15 is 0 Å². The van der Waals surface area contributed by atoms with Gasteiger partial charge in [-0.25, -0.2) is 0 Å². The van der Waals surface area contributed by atoms with Crippen molar-refractivity contribution in [2.75, 3.05) is 6.16 Å². The van der Waals surface area contributed by atoms with Gasteiger partial charge in [0.2, 0.25) is 0 Å². The second kappa shape index (κ2) is 7.09. The third-order valence-corrected chi connectivity index (χ3v) is 3.49. The summed E-state index contributed by atoms with van der Waals surface area (Å²) in [7, 11) is 1.12. The molecule has 0 aliphatic heterocycles. The van der Waals surface area contributed by atoms with Crippen molar-refractivity contribution in [1.29, 1.82) is 0 Å². The summed E-state index contributed by atoms with van der Waals surface area (Å²) >= 11 is 0. The van der Waals surface area contributed by atoms with Crippen LogP contribution in [-0.4, -0.2) is 6.16 Å². The van der Waals surface area contributed by atoms with Gasteiger partial charge in [-0.15, -0.1) is 8.58 Å². The molecule has 1 aromatic rings. The number of hydrogen-bond acceptors (Lipinski definition) is 0. The lowest BCUT2D eigenvalue weighted by Crippen LogP contribution is -1.80. The van der Waals surface area contributed by atoms with Gasteiger partial charge in [-0.05, 0) is 24.3 Å². The van der Waals surface area contributed by atoms with Crippen molar-refractivity contribution in [3.8, 4) is 0 Å².